The molecule has 0 aliphatic heterocycles. The Morgan fingerprint density at radius 2 is 1.70 bits per heavy atom. The monoisotopic (exact) mass is 368 g/mol. The zero-order valence-corrected chi connectivity index (χ0v) is 16.4. The molecule has 0 saturated carbocycles. The Morgan fingerprint density at radius 1 is 1.04 bits per heavy atom. The predicted molar refractivity (Wildman–Crippen MR) is 106 cm³/mol. The van der Waals surface area contributed by atoms with E-state index in [1.807, 2.05) is 63.2 Å². The highest BCUT2D eigenvalue weighted by molar-refractivity contribution is 5.97. The second kappa shape index (κ2) is 9.88. The summed E-state index contributed by atoms with van der Waals surface area (Å²) < 4.78 is 5.09. The van der Waals surface area contributed by atoms with Gasteiger partial charge in [-0.15, -0.1) is 0 Å². The summed E-state index contributed by atoms with van der Waals surface area (Å²) in [5, 5.41) is 5.77. The van der Waals surface area contributed by atoms with Crippen molar-refractivity contribution < 1.29 is 14.3 Å². The fourth-order valence-corrected chi connectivity index (χ4v) is 2.76. The van der Waals surface area contributed by atoms with E-state index in [0.29, 0.717) is 18.7 Å². The number of aryl methyl sites for hydroxylation is 1. The van der Waals surface area contributed by atoms with Crippen molar-refractivity contribution in [3.05, 3.63) is 70.8 Å². The normalized spacial score (nSPS) is 11.9. The van der Waals surface area contributed by atoms with Crippen molar-refractivity contribution in [2.75, 3.05) is 7.11 Å². The molecule has 0 aliphatic carbocycles. The lowest BCUT2D eigenvalue weighted by molar-refractivity contribution is -0.124. The SMILES string of the molecule is COCc1ccc(CNC(=O)C(NC(=O)c2cccc(C)c2)C(C)C)cc1. The van der Waals surface area contributed by atoms with Gasteiger partial charge in [0, 0.05) is 19.2 Å². The number of carbonyl (C=O) groups excluding carboxylic acids is 2. The molecule has 2 rings (SSSR count). The van der Waals surface area contributed by atoms with Gasteiger partial charge in [-0.05, 0) is 36.1 Å². The van der Waals surface area contributed by atoms with Gasteiger partial charge >= 0.3 is 0 Å². The number of rotatable bonds is 8. The van der Waals surface area contributed by atoms with E-state index in [1.165, 1.54) is 0 Å². The summed E-state index contributed by atoms with van der Waals surface area (Å²) >= 11 is 0. The van der Waals surface area contributed by atoms with E-state index in [2.05, 4.69) is 10.6 Å². The smallest absolute Gasteiger partial charge is 0.251 e. The summed E-state index contributed by atoms with van der Waals surface area (Å²) in [7, 11) is 1.66. The maximum atomic E-state index is 12.6. The van der Waals surface area contributed by atoms with Crippen LogP contribution in [0.4, 0.5) is 0 Å². The van der Waals surface area contributed by atoms with Crippen molar-refractivity contribution in [3.63, 3.8) is 0 Å². The fraction of sp³-hybridized carbons (Fsp3) is 0.364. The lowest BCUT2D eigenvalue weighted by Crippen LogP contribution is -2.49. The van der Waals surface area contributed by atoms with Crippen LogP contribution in [0.2, 0.25) is 0 Å². The highest BCUT2D eigenvalue weighted by atomic mass is 16.5. The van der Waals surface area contributed by atoms with Crippen LogP contribution in [-0.2, 0) is 22.7 Å². The Labute approximate surface area is 161 Å². The lowest BCUT2D eigenvalue weighted by Gasteiger charge is -2.22. The number of methoxy groups -OCH3 is 1. The molecule has 0 heterocycles. The average molecular weight is 368 g/mol. The molecule has 0 spiro atoms. The molecule has 2 amide bonds. The van der Waals surface area contributed by atoms with Crippen molar-refractivity contribution in [2.24, 2.45) is 5.92 Å². The zero-order chi connectivity index (χ0) is 19.8. The predicted octanol–water partition coefficient (Wildman–Crippen LogP) is 3.21. The quantitative estimate of drug-likeness (QED) is 0.752. The summed E-state index contributed by atoms with van der Waals surface area (Å²) in [6, 6.07) is 14.6. The largest absolute Gasteiger partial charge is 0.380 e. The van der Waals surface area contributed by atoms with Crippen molar-refractivity contribution in [1.29, 1.82) is 0 Å². The first-order valence-electron chi connectivity index (χ1n) is 9.12. The summed E-state index contributed by atoms with van der Waals surface area (Å²) in [4.78, 5) is 25.1. The number of ether oxygens (including phenoxy) is 1. The van der Waals surface area contributed by atoms with Crippen LogP contribution in [0.3, 0.4) is 0 Å². The number of nitrogens with one attached hydrogen (secondary N) is 2. The third kappa shape index (κ3) is 6.22. The Balaban J connectivity index is 1.97. The molecule has 1 atom stereocenters. The molecule has 2 N–H and O–H groups in total. The molecule has 0 saturated heterocycles. The van der Waals surface area contributed by atoms with Crippen LogP contribution in [0, 0.1) is 12.8 Å². The second-order valence-corrected chi connectivity index (χ2v) is 7.03. The minimum absolute atomic E-state index is 0.0251. The number of hydrogen-bond donors (Lipinski definition) is 2. The number of amides is 2. The molecular formula is C22H28N2O3. The Kier molecular flexibility index (Phi) is 7.55. The van der Waals surface area contributed by atoms with Crippen molar-refractivity contribution in [2.45, 2.75) is 40.0 Å². The number of benzene rings is 2. The van der Waals surface area contributed by atoms with Crippen molar-refractivity contribution >= 4 is 11.8 Å². The third-order valence-corrected chi connectivity index (χ3v) is 4.32. The molecule has 0 aromatic heterocycles. The number of carbonyl (C=O) groups is 2. The molecule has 1 unspecified atom stereocenters. The maximum absolute atomic E-state index is 12.6. The van der Waals surface area contributed by atoms with Crippen LogP contribution in [0.15, 0.2) is 48.5 Å². The highest BCUT2D eigenvalue weighted by Gasteiger charge is 2.24. The molecular weight excluding hydrogens is 340 g/mol. The molecule has 0 radical (unpaired) electrons. The van der Waals surface area contributed by atoms with Gasteiger partial charge in [-0.25, -0.2) is 0 Å². The van der Waals surface area contributed by atoms with Gasteiger partial charge in [0.15, 0.2) is 0 Å². The highest BCUT2D eigenvalue weighted by Crippen LogP contribution is 2.09. The second-order valence-electron chi connectivity index (χ2n) is 7.03. The number of hydrogen-bond acceptors (Lipinski definition) is 3. The Morgan fingerprint density at radius 3 is 2.30 bits per heavy atom. The van der Waals surface area contributed by atoms with Gasteiger partial charge in [0.2, 0.25) is 5.91 Å². The molecule has 0 fully saturated rings. The Hall–Kier alpha value is -2.66. The van der Waals surface area contributed by atoms with E-state index < -0.39 is 6.04 Å². The molecule has 144 valence electrons. The Bertz CT molecular complexity index is 769. The van der Waals surface area contributed by atoms with Crippen LogP contribution in [0.5, 0.6) is 0 Å². The van der Waals surface area contributed by atoms with Gasteiger partial charge in [-0.2, -0.15) is 0 Å². The summed E-state index contributed by atoms with van der Waals surface area (Å²) in [5.74, 6) is -0.453. The standard InChI is InChI=1S/C22H28N2O3/c1-15(2)20(24-21(25)19-7-5-6-16(3)12-19)22(26)23-13-17-8-10-18(11-9-17)14-27-4/h5-12,15,20H,13-14H2,1-4H3,(H,23,26)(H,24,25). The first-order chi connectivity index (χ1) is 12.9. The molecule has 5 heteroatoms. The van der Waals surface area contributed by atoms with E-state index in [9.17, 15) is 9.59 Å². The van der Waals surface area contributed by atoms with Gasteiger partial charge in [0.25, 0.3) is 5.91 Å². The van der Waals surface area contributed by atoms with Gasteiger partial charge in [-0.1, -0.05) is 55.8 Å². The van der Waals surface area contributed by atoms with E-state index in [-0.39, 0.29) is 17.7 Å². The van der Waals surface area contributed by atoms with Gasteiger partial charge < -0.3 is 15.4 Å². The van der Waals surface area contributed by atoms with Gasteiger partial charge in [0.05, 0.1) is 6.61 Å². The van der Waals surface area contributed by atoms with Crippen molar-refractivity contribution in [1.82, 2.24) is 10.6 Å². The summed E-state index contributed by atoms with van der Waals surface area (Å²) in [6.45, 7) is 6.74. The zero-order valence-electron chi connectivity index (χ0n) is 16.4. The van der Waals surface area contributed by atoms with Crippen LogP contribution >= 0.6 is 0 Å². The molecule has 5 nitrogen and oxygen atoms in total. The molecule has 27 heavy (non-hydrogen) atoms. The van der Waals surface area contributed by atoms with Crippen LogP contribution < -0.4 is 10.6 Å². The topological polar surface area (TPSA) is 67.4 Å². The minimum atomic E-state index is -0.592. The third-order valence-electron chi connectivity index (χ3n) is 4.32. The maximum Gasteiger partial charge on any atom is 0.251 e. The summed E-state index contributed by atoms with van der Waals surface area (Å²) in [6.07, 6.45) is 0. The van der Waals surface area contributed by atoms with E-state index in [0.717, 1.165) is 16.7 Å². The molecule has 0 bridgehead atoms. The molecule has 0 aliphatic rings. The van der Waals surface area contributed by atoms with Gasteiger partial charge in [0.1, 0.15) is 6.04 Å². The first-order valence-corrected chi connectivity index (χ1v) is 9.12. The van der Waals surface area contributed by atoms with E-state index in [1.54, 1.807) is 13.2 Å². The van der Waals surface area contributed by atoms with Crippen LogP contribution in [-0.4, -0.2) is 25.0 Å². The fourth-order valence-electron chi connectivity index (χ4n) is 2.76. The lowest BCUT2D eigenvalue weighted by atomic mass is 10.0. The van der Waals surface area contributed by atoms with E-state index >= 15 is 0 Å². The minimum Gasteiger partial charge on any atom is -0.380 e. The van der Waals surface area contributed by atoms with Crippen LogP contribution in [0.1, 0.15) is 40.9 Å². The van der Waals surface area contributed by atoms with E-state index in [4.69, 9.17) is 4.74 Å². The van der Waals surface area contributed by atoms with Gasteiger partial charge in [-0.3, -0.25) is 9.59 Å². The summed E-state index contributed by atoms with van der Waals surface area (Å²) in [5.41, 5.74) is 3.64. The van der Waals surface area contributed by atoms with Crippen molar-refractivity contribution in [3.8, 4) is 0 Å². The molecule has 2 aromatic carbocycles. The average Bonchev–Trinajstić information content (AvgIpc) is 2.65. The molecule has 2 aromatic rings. The first kappa shape index (κ1) is 20.6. The van der Waals surface area contributed by atoms with Crippen LogP contribution in [0.25, 0.3) is 0 Å².